The standard InChI is InChI=1S/C10H17F3N2/c1-2-3-4-5-6-9(7-14)15-8-10(11,12)13/h9,15H,2-6,8H2,1H3. The van der Waals surface area contributed by atoms with E-state index in [4.69, 9.17) is 5.26 Å². The zero-order valence-electron chi connectivity index (χ0n) is 8.90. The monoisotopic (exact) mass is 222 g/mol. The van der Waals surface area contributed by atoms with Gasteiger partial charge in [-0.05, 0) is 6.42 Å². The van der Waals surface area contributed by atoms with Crippen molar-refractivity contribution in [1.29, 1.82) is 5.26 Å². The van der Waals surface area contributed by atoms with Crippen LogP contribution in [0.3, 0.4) is 0 Å². The fourth-order valence-corrected chi connectivity index (χ4v) is 1.23. The molecule has 0 radical (unpaired) electrons. The maximum Gasteiger partial charge on any atom is 0.401 e. The Hall–Kier alpha value is -0.760. The number of nitrogens with one attached hydrogen (secondary N) is 1. The van der Waals surface area contributed by atoms with Gasteiger partial charge in [0.1, 0.15) is 0 Å². The number of hydrogen-bond acceptors (Lipinski definition) is 2. The van der Waals surface area contributed by atoms with E-state index < -0.39 is 18.8 Å². The van der Waals surface area contributed by atoms with Crippen LogP contribution >= 0.6 is 0 Å². The molecule has 0 aromatic carbocycles. The Kier molecular flexibility index (Phi) is 7.14. The molecular weight excluding hydrogens is 205 g/mol. The van der Waals surface area contributed by atoms with Crippen LogP contribution in [0.15, 0.2) is 0 Å². The van der Waals surface area contributed by atoms with Crippen molar-refractivity contribution in [3.05, 3.63) is 0 Å². The lowest BCUT2D eigenvalue weighted by atomic mass is 10.1. The smallest absolute Gasteiger partial charge is 0.294 e. The minimum atomic E-state index is -4.24. The largest absolute Gasteiger partial charge is 0.401 e. The van der Waals surface area contributed by atoms with E-state index in [9.17, 15) is 13.2 Å². The Morgan fingerprint density at radius 2 is 1.93 bits per heavy atom. The number of nitriles is 1. The van der Waals surface area contributed by atoms with E-state index in [1.54, 1.807) is 0 Å². The predicted molar refractivity (Wildman–Crippen MR) is 52.2 cm³/mol. The average Bonchev–Trinajstić information content (AvgIpc) is 2.15. The van der Waals surface area contributed by atoms with E-state index in [1.165, 1.54) is 0 Å². The van der Waals surface area contributed by atoms with Crippen molar-refractivity contribution in [2.75, 3.05) is 6.54 Å². The summed E-state index contributed by atoms with van der Waals surface area (Å²) < 4.78 is 35.5. The molecule has 0 saturated heterocycles. The number of unbranched alkanes of at least 4 members (excludes halogenated alkanes) is 3. The zero-order chi connectivity index (χ0) is 11.7. The summed E-state index contributed by atoms with van der Waals surface area (Å²) in [4.78, 5) is 0. The number of nitrogens with zero attached hydrogens (tertiary/aromatic N) is 1. The van der Waals surface area contributed by atoms with Gasteiger partial charge in [-0.25, -0.2) is 0 Å². The van der Waals surface area contributed by atoms with Crippen molar-refractivity contribution in [1.82, 2.24) is 5.32 Å². The van der Waals surface area contributed by atoms with E-state index >= 15 is 0 Å². The molecule has 0 fully saturated rings. The molecule has 2 nitrogen and oxygen atoms in total. The quantitative estimate of drug-likeness (QED) is 0.672. The maximum absolute atomic E-state index is 11.8. The molecule has 5 heteroatoms. The molecule has 0 aromatic heterocycles. The summed E-state index contributed by atoms with van der Waals surface area (Å²) in [6, 6.07) is 1.16. The van der Waals surface area contributed by atoms with Crippen LogP contribution in [0, 0.1) is 11.3 Å². The molecule has 0 amide bonds. The van der Waals surface area contributed by atoms with Gasteiger partial charge in [-0.2, -0.15) is 18.4 Å². The summed E-state index contributed by atoms with van der Waals surface area (Å²) in [6.45, 7) is 0.975. The molecule has 0 aliphatic heterocycles. The number of halogens is 3. The van der Waals surface area contributed by atoms with E-state index in [2.05, 4.69) is 12.2 Å². The third-order valence-corrected chi connectivity index (χ3v) is 2.05. The molecule has 15 heavy (non-hydrogen) atoms. The fourth-order valence-electron chi connectivity index (χ4n) is 1.23. The first kappa shape index (κ1) is 14.2. The highest BCUT2D eigenvalue weighted by Gasteiger charge is 2.27. The molecule has 0 bridgehead atoms. The van der Waals surface area contributed by atoms with Crippen molar-refractivity contribution in [3.63, 3.8) is 0 Å². The third kappa shape index (κ3) is 9.54. The van der Waals surface area contributed by atoms with Gasteiger partial charge in [0.2, 0.25) is 0 Å². The van der Waals surface area contributed by atoms with Crippen molar-refractivity contribution >= 4 is 0 Å². The number of alkyl halides is 3. The van der Waals surface area contributed by atoms with Crippen LogP contribution in [0.5, 0.6) is 0 Å². The molecular formula is C10H17F3N2. The Balaban J connectivity index is 3.61. The molecule has 1 unspecified atom stereocenters. The third-order valence-electron chi connectivity index (χ3n) is 2.05. The summed E-state index contributed by atoms with van der Waals surface area (Å²) in [5.74, 6) is 0. The zero-order valence-corrected chi connectivity index (χ0v) is 8.90. The topological polar surface area (TPSA) is 35.8 Å². The van der Waals surface area contributed by atoms with Gasteiger partial charge >= 0.3 is 6.18 Å². The second kappa shape index (κ2) is 7.52. The molecule has 1 atom stereocenters. The Labute approximate surface area is 88.5 Å². The van der Waals surface area contributed by atoms with Gasteiger partial charge in [0.15, 0.2) is 0 Å². The van der Waals surface area contributed by atoms with Crippen molar-refractivity contribution in [3.8, 4) is 6.07 Å². The lowest BCUT2D eigenvalue weighted by molar-refractivity contribution is -0.125. The van der Waals surface area contributed by atoms with Gasteiger partial charge in [-0.3, -0.25) is 5.32 Å². The normalized spacial score (nSPS) is 13.5. The van der Waals surface area contributed by atoms with E-state index in [0.29, 0.717) is 6.42 Å². The van der Waals surface area contributed by atoms with E-state index in [0.717, 1.165) is 25.7 Å². The summed E-state index contributed by atoms with van der Waals surface area (Å²) in [5, 5.41) is 10.8. The number of rotatable bonds is 7. The highest BCUT2D eigenvalue weighted by molar-refractivity contribution is 4.89. The summed E-state index contributed by atoms with van der Waals surface area (Å²) >= 11 is 0. The molecule has 0 aliphatic carbocycles. The minimum Gasteiger partial charge on any atom is -0.294 e. The fraction of sp³-hybridized carbons (Fsp3) is 0.900. The van der Waals surface area contributed by atoms with Crippen LogP contribution in [0.2, 0.25) is 0 Å². The van der Waals surface area contributed by atoms with Crippen molar-refractivity contribution in [2.24, 2.45) is 0 Å². The summed E-state index contributed by atoms with van der Waals surface area (Å²) in [7, 11) is 0. The van der Waals surface area contributed by atoms with Gasteiger partial charge in [-0.15, -0.1) is 0 Å². The van der Waals surface area contributed by atoms with Gasteiger partial charge < -0.3 is 0 Å². The first-order valence-electron chi connectivity index (χ1n) is 5.19. The molecule has 0 spiro atoms. The van der Waals surface area contributed by atoms with Crippen LogP contribution in [-0.4, -0.2) is 18.8 Å². The van der Waals surface area contributed by atoms with Crippen molar-refractivity contribution in [2.45, 2.75) is 51.2 Å². The molecule has 88 valence electrons. The SMILES string of the molecule is CCCCCCC(C#N)NCC(F)(F)F. The first-order valence-corrected chi connectivity index (χ1v) is 5.19. The maximum atomic E-state index is 11.8. The van der Waals surface area contributed by atoms with Crippen LogP contribution in [0.4, 0.5) is 13.2 Å². The highest BCUT2D eigenvalue weighted by atomic mass is 19.4. The average molecular weight is 222 g/mol. The van der Waals surface area contributed by atoms with Crippen LogP contribution in [0.1, 0.15) is 39.0 Å². The van der Waals surface area contributed by atoms with Crippen LogP contribution in [-0.2, 0) is 0 Å². The Morgan fingerprint density at radius 1 is 1.27 bits per heavy atom. The lowest BCUT2D eigenvalue weighted by Gasteiger charge is -2.12. The predicted octanol–water partition coefficient (Wildman–Crippen LogP) is 3.00. The van der Waals surface area contributed by atoms with E-state index in [-0.39, 0.29) is 0 Å². The van der Waals surface area contributed by atoms with E-state index in [1.807, 2.05) is 6.07 Å². The Bertz CT molecular complexity index is 196. The van der Waals surface area contributed by atoms with Crippen LogP contribution in [0.25, 0.3) is 0 Å². The summed E-state index contributed by atoms with van der Waals surface area (Å²) in [6.07, 6.45) is 0.176. The van der Waals surface area contributed by atoms with Crippen LogP contribution < -0.4 is 5.32 Å². The molecule has 0 rings (SSSR count). The van der Waals surface area contributed by atoms with Gasteiger partial charge in [0, 0.05) is 0 Å². The molecule has 0 aromatic rings. The molecule has 1 N–H and O–H groups in total. The first-order chi connectivity index (χ1) is 6.99. The molecule has 0 aliphatic rings. The minimum absolute atomic E-state index is 0.493. The Morgan fingerprint density at radius 3 is 2.40 bits per heavy atom. The molecule has 0 saturated carbocycles. The summed E-state index contributed by atoms with van der Waals surface area (Å²) in [5.41, 5.74) is 0. The van der Waals surface area contributed by atoms with Crippen molar-refractivity contribution < 1.29 is 13.2 Å². The molecule has 0 heterocycles. The highest BCUT2D eigenvalue weighted by Crippen LogP contribution is 2.13. The second-order valence-corrected chi connectivity index (χ2v) is 3.53. The lowest BCUT2D eigenvalue weighted by Crippen LogP contribution is -2.36. The second-order valence-electron chi connectivity index (χ2n) is 3.53. The number of hydrogen-bond donors (Lipinski definition) is 1. The van der Waals surface area contributed by atoms with Gasteiger partial charge in [0.05, 0.1) is 18.7 Å². The van der Waals surface area contributed by atoms with Gasteiger partial charge in [-0.1, -0.05) is 32.6 Å². The van der Waals surface area contributed by atoms with Gasteiger partial charge in [0.25, 0.3) is 0 Å².